The van der Waals surface area contributed by atoms with Crippen LogP contribution in [0.3, 0.4) is 0 Å². The van der Waals surface area contributed by atoms with Crippen LogP contribution in [-0.4, -0.2) is 40.3 Å². The Morgan fingerprint density at radius 3 is 3.00 bits per heavy atom. The monoisotopic (exact) mass is 283 g/mol. The van der Waals surface area contributed by atoms with Crippen LogP contribution in [0, 0.1) is 6.92 Å². The number of esters is 1. The van der Waals surface area contributed by atoms with E-state index in [1.54, 1.807) is 11.3 Å². The van der Waals surface area contributed by atoms with E-state index in [1.807, 2.05) is 13.8 Å². The van der Waals surface area contributed by atoms with E-state index in [-0.39, 0.29) is 12.0 Å². The molecule has 2 rings (SSSR count). The maximum absolute atomic E-state index is 11.6. The number of aromatic nitrogens is 2. The zero-order chi connectivity index (χ0) is 13.7. The molecule has 1 saturated heterocycles. The Morgan fingerprint density at radius 1 is 1.47 bits per heavy atom. The van der Waals surface area contributed by atoms with Crippen molar-refractivity contribution in [2.24, 2.45) is 0 Å². The van der Waals surface area contributed by atoms with Crippen molar-refractivity contribution in [3.05, 3.63) is 10.0 Å². The van der Waals surface area contributed by atoms with Gasteiger partial charge >= 0.3 is 5.97 Å². The van der Waals surface area contributed by atoms with E-state index in [0.717, 1.165) is 29.5 Å². The number of likely N-dealkylation sites (tertiary alicyclic amines) is 1. The lowest BCUT2D eigenvalue weighted by Crippen LogP contribution is -2.40. The van der Waals surface area contributed by atoms with E-state index in [1.165, 1.54) is 12.8 Å². The van der Waals surface area contributed by atoms with Crippen LogP contribution in [0.25, 0.3) is 0 Å². The van der Waals surface area contributed by atoms with Crippen molar-refractivity contribution in [1.82, 2.24) is 15.1 Å². The minimum absolute atomic E-state index is 0.0900. The molecule has 1 aromatic heterocycles. The van der Waals surface area contributed by atoms with Crippen molar-refractivity contribution in [3.63, 3.8) is 0 Å². The van der Waals surface area contributed by atoms with Gasteiger partial charge in [-0.05, 0) is 33.2 Å². The quantitative estimate of drug-likeness (QED) is 0.775. The normalized spacial score (nSPS) is 20.4. The molecule has 0 saturated carbocycles. The van der Waals surface area contributed by atoms with Crippen LogP contribution >= 0.6 is 11.3 Å². The molecule has 0 unspecified atom stereocenters. The van der Waals surface area contributed by atoms with Gasteiger partial charge in [0.1, 0.15) is 10.0 Å². The van der Waals surface area contributed by atoms with Gasteiger partial charge in [-0.15, -0.1) is 21.5 Å². The van der Waals surface area contributed by atoms with Crippen molar-refractivity contribution >= 4 is 17.3 Å². The molecule has 19 heavy (non-hydrogen) atoms. The first kappa shape index (κ1) is 14.4. The third-order valence-electron chi connectivity index (χ3n) is 3.36. The second-order valence-corrected chi connectivity index (χ2v) is 6.11. The van der Waals surface area contributed by atoms with Crippen LogP contribution in [0.1, 0.15) is 42.6 Å². The molecule has 0 spiro atoms. The molecule has 0 aromatic carbocycles. The second-order valence-electron chi connectivity index (χ2n) is 4.84. The Bertz CT molecular complexity index is 422. The van der Waals surface area contributed by atoms with Crippen molar-refractivity contribution in [2.45, 2.75) is 52.1 Å². The smallest absolute Gasteiger partial charge is 0.307 e. The molecule has 1 fully saturated rings. The van der Waals surface area contributed by atoms with Gasteiger partial charge in [-0.3, -0.25) is 9.69 Å². The number of hydrogen-bond donors (Lipinski definition) is 0. The SMILES string of the molecule is CCOC(=O)C[C@H]1CCCCN1Cc1nnc(C)s1. The maximum atomic E-state index is 11.6. The Morgan fingerprint density at radius 2 is 2.32 bits per heavy atom. The Hall–Kier alpha value is -1.01. The molecule has 0 amide bonds. The molecule has 1 aliphatic rings. The summed E-state index contributed by atoms with van der Waals surface area (Å²) in [5, 5.41) is 10.2. The highest BCUT2D eigenvalue weighted by Gasteiger charge is 2.26. The summed E-state index contributed by atoms with van der Waals surface area (Å²) in [6, 6.07) is 0.289. The van der Waals surface area contributed by atoms with Gasteiger partial charge in [0, 0.05) is 6.04 Å². The van der Waals surface area contributed by atoms with Crippen molar-refractivity contribution in [2.75, 3.05) is 13.2 Å². The molecule has 1 atom stereocenters. The summed E-state index contributed by atoms with van der Waals surface area (Å²) in [7, 11) is 0. The topological polar surface area (TPSA) is 55.3 Å². The summed E-state index contributed by atoms with van der Waals surface area (Å²) in [5.41, 5.74) is 0. The van der Waals surface area contributed by atoms with Gasteiger partial charge in [-0.2, -0.15) is 0 Å². The molecule has 5 nitrogen and oxygen atoms in total. The summed E-state index contributed by atoms with van der Waals surface area (Å²) in [4.78, 5) is 14.0. The van der Waals surface area contributed by atoms with Gasteiger partial charge in [0.25, 0.3) is 0 Å². The lowest BCUT2D eigenvalue weighted by atomic mass is 9.99. The predicted octanol–water partition coefficient (Wildman–Crippen LogP) is 2.15. The third kappa shape index (κ3) is 4.24. The average Bonchev–Trinajstić information content (AvgIpc) is 2.78. The first-order valence-corrected chi connectivity index (χ1v) is 7.69. The molecule has 0 N–H and O–H groups in total. The summed E-state index contributed by atoms with van der Waals surface area (Å²) in [6.45, 7) is 6.10. The Balaban J connectivity index is 1.93. The second kappa shape index (κ2) is 6.96. The molecule has 2 heterocycles. The Labute approximate surface area is 118 Å². The zero-order valence-corrected chi connectivity index (χ0v) is 12.4. The highest BCUT2D eigenvalue weighted by Crippen LogP contribution is 2.23. The number of nitrogens with zero attached hydrogens (tertiary/aromatic N) is 3. The van der Waals surface area contributed by atoms with Gasteiger partial charge in [-0.25, -0.2) is 0 Å². The number of rotatable bonds is 5. The fraction of sp³-hybridized carbons (Fsp3) is 0.769. The maximum Gasteiger partial charge on any atom is 0.307 e. The molecule has 0 bridgehead atoms. The number of carbonyl (C=O) groups is 1. The van der Waals surface area contributed by atoms with E-state index in [2.05, 4.69) is 15.1 Å². The summed E-state index contributed by atoms with van der Waals surface area (Å²) in [5.74, 6) is -0.0900. The number of piperidine rings is 1. The molecule has 0 radical (unpaired) electrons. The van der Waals surface area contributed by atoms with Crippen LogP contribution in [0.5, 0.6) is 0 Å². The van der Waals surface area contributed by atoms with E-state index in [4.69, 9.17) is 4.74 Å². The number of carbonyl (C=O) groups excluding carboxylic acids is 1. The first-order chi connectivity index (χ1) is 9.19. The molecule has 6 heteroatoms. The molecular weight excluding hydrogens is 262 g/mol. The third-order valence-corrected chi connectivity index (χ3v) is 4.19. The highest BCUT2D eigenvalue weighted by atomic mass is 32.1. The number of aryl methyl sites for hydroxylation is 1. The fourth-order valence-electron chi connectivity index (χ4n) is 2.49. The van der Waals surface area contributed by atoms with E-state index in [9.17, 15) is 4.79 Å². The van der Waals surface area contributed by atoms with E-state index >= 15 is 0 Å². The van der Waals surface area contributed by atoms with Crippen LogP contribution in [-0.2, 0) is 16.1 Å². The predicted molar refractivity (Wildman–Crippen MR) is 73.9 cm³/mol. The standard InChI is InChI=1S/C13H21N3O2S/c1-3-18-13(17)8-11-6-4-5-7-16(11)9-12-15-14-10(2)19-12/h11H,3-9H2,1-2H3/t11-/m1/s1. The van der Waals surface area contributed by atoms with Gasteiger partial charge in [0.15, 0.2) is 0 Å². The van der Waals surface area contributed by atoms with Gasteiger partial charge in [0.05, 0.1) is 19.6 Å². The molecular formula is C13H21N3O2S. The van der Waals surface area contributed by atoms with Crippen molar-refractivity contribution in [1.29, 1.82) is 0 Å². The van der Waals surface area contributed by atoms with Gasteiger partial charge in [0.2, 0.25) is 0 Å². The van der Waals surface area contributed by atoms with Crippen LogP contribution in [0.15, 0.2) is 0 Å². The van der Waals surface area contributed by atoms with Crippen molar-refractivity contribution in [3.8, 4) is 0 Å². The van der Waals surface area contributed by atoms with Gasteiger partial charge < -0.3 is 4.74 Å². The zero-order valence-electron chi connectivity index (χ0n) is 11.6. The first-order valence-electron chi connectivity index (χ1n) is 6.87. The lowest BCUT2D eigenvalue weighted by Gasteiger charge is -2.34. The van der Waals surface area contributed by atoms with E-state index < -0.39 is 0 Å². The minimum atomic E-state index is -0.0900. The molecule has 1 aromatic rings. The lowest BCUT2D eigenvalue weighted by molar-refractivity contribution is -0.145. The van der Waals surface area contributed by atoms with Gasteiger partial charge in [-0.1, -0.05) is 6.42 Å². The summed E-state index contributed by atoms with van der Waals surface area (Å²) in [6.07, 6.45) is 3.94. The number of hydrogen-bond acceptors (Lipinski definition) is 6. The Kier molecular flexibility index (Phi) is 5.27. The van der Waals surface area contributed by atoms with Crippen LogP contribution in [0.4, 0.5) is 0 Å². The fourth-order valence-corrected chi connectivity index (χ4v) is 3.22. The largest absolute Gasteiger partial charge is 0.466 e. The molecule has 106 valence electrons. The van der Waals surface area contributed by atoms with Crippen molar-refractivity contribution < 1.29 is 9.53 Å². The average molecular weight is 283 g/mol. The minimum Gasteiger partial charge on any atom is -0.466 e. The molecule has 1 aliphatic heterocycles. The summed E-state index contributed by atoms with van der Waals surface area (Å²) >= 11 is 1.63. The summed E-state index contributed by atoms with van der Waals surface area (Å²) < 4.78 is 5.06. The van der Waals surface area contributed by atoms with Crippen LogP contribution in [0.2, 0.25) is 0 Å². The van der Waals surface area contributed by atoms with Crippen LogP contribution < -0.4 is 0 Å². The highest BCUT2D eigenvalue weighted by molar-refractivity contribution is 7.11. The van der Waals surface area contributed by atoms with E-state index in [0.29, 0.717) is 13.0 Å². The molecule has 0 aliphatic carbocycles. The number of ether oxygens (including phenoxy) is 1.